The molecule has 0 spiro atoms. The monoisotopic (exact) mass is 582 g/mol. The van der Waals surface area contributed by atoms with Gasteiger partial charge in [-0.25, -0.2) is 19.1 Å². The van der Waals surface area contributed by atoms with Gasteiger partial charge < -0.3 is 24.1 Å². The van der Waals surface area contributed by atoms with Crippen molar-refractivity contribution in [2.24, 2.45) is 0 Å². The van der Waals surface area contributed by atoms with Crippen LogP contribution in [0, 0.1) is 12.7 Å². The molecule has 2 aromatic carbocycles. The van der Waals surface area contributed by atoms with Crippen LogP contribution < -0.4 is 10.1 Å². The smallest absolute Gasteiger partial charge is 0.326 e. The fraction of sp³-hybridized carbons (Fsp3) is 0.379. The molecule has 1 atom stereocenters. The lowest BCUT2D eigenvalue weighted by atomic mass is 10.0. The minimum atomic E-state index is -1.35. The number of oxazole rings is 1. The zero-order valence-corrected chi connectivity index (χ0v) is 24.7. The predicted octanol–water partition coefficient (Wildman–Crippen LogP) is 4.88. The number of ether oxygens (including phenoxy) is 2. The molecule has 218 valence electrons. The zero-order chi connectivity index (χ0) is 29.6. The van der Waals surface area contributed by atoms with Crippen LogP contribution in [0.3, 0.4) is 0 Å². The van der Waals surface area contributed by atoms with E-state index in [-0.39, 0.29) is 37.9 Å². The Hall–Kier alpha value is -4.03. The van der Waals surface area contributed by atoms with Crippen molar-refractivity contribution < 1.29 is 32.7 Å². The first-order valence-electron chi connectivity index (χ1n) is 13.3. The summed E-state index contributed by atoms with van der Waals surface area (Å²) in [5, 5.41) is 2.87. The summed E-state index contributed by atoms with van der Waals surface area (Å²) in [6.07, 6.45) is 1.75. The van der Waals surface area contributed by atoms with E-state index in [0.717, 1.165) is 10.9 Å². The van der Waals surface area contributed by atoms with Crippen LogP contribution in [0.5, 0.6) is 5.75 Å². The van der Waals surface area contributed by atoms with E-state index in [4.69, 9.17) is 13.9 Å². The van der Waals surface area contributed by atoms with Gasteiger partial charge in [-0.1, -0.05) is 43.9 Å². The van der Waals surface area contributed by atoms with Crippen molar-refractivity contribution in [3.05, 3.63) is 82.8 Å². The summed E-state index contributed by atoms with van der Waals surface area (Å²) in [5.74, 6) is 0.153. The van der Waals surface area contributed by atoms with Crippen molar-refractivity contribution in [2.45, 2.75) is 51.8 Å². The molecule has 41 heavy (non-hydrogen) atoms. The summed E-state index contributed by atoms with van der Waals surface area (Å²) in [7, 11) is -1.35. The largest absolute Gasteiger partial charge is 0.485 e. The maximum atomic E-state index is 13.9. The predicted molar refractivity (Wildman–Crippen MR) is 151 cm³/mol. The first-order valence-corrected chi connectivity index (χ1v) is 17.0. The van der Waals surface area contributed by atoms with Gasteiger partial charge in [-0.3, -0.25) is 9.59 Å². The van der Waals surface area contributed by atoms with Gasteiger partial charge in [-0.2, -0.15) is 0 Å². The average Bonchev–Trinajstić information content (AvgIpc) is 3.48. The average molecular weight is 583 g/mol. The number of rotatable bonds is 13. The molecule has 2 heterocycles. The zero-order valence-electron chi connectivity index (χ0n) is 23.7. The van der Waals surface area contributed by atoms with Gasteiger partial charge >= 0.3 is 6.03 Å². The first kappa shape index (κ1) is 29.9. The molecule has 10 nitrogen and oxygen atoms in total. The van der Waals surface area contributed by atoms with Crippen LogP contribution in [-0.4, -0.2) is 61.1 Å². The first-order chi connectivity index (χ1) is 19.6. The number of para-hydroxylation sites is 1. The summed E-state index contributed by atoms with van der Waals surface area (Å²) >= 11 is 0. The Morgan fingerprint density at radius 2 is 2.05 bits per heavy atom. The highest BCUT2D eigenvalue weighted by Crippen LogP contribution is 2.30. The number of aryl methyl sites for hydroxylation is 1. The lowest BCUT2D eigenvalue weighted by Gasteiger charge is -2.28. The third-order valence-corrected chi connectivity index (χ3v) is 8.47. The van der Waals surface area contributed by atoms with Gasteiger partial charge in [0.15, 0.2) is 12.2 Å². The Balaban J connectivity index is 1.55. The lowest BCUT2D eigenvalue weighted by Crippen LogP contribution is -2.45. The number of nitrogens with zero attached hydrogens (tertiary/aromatic N) is 3. The van der Waals surface area contributed by atoms with Crippen LogP contribution >= 0.6 is 0 Å². The third kappa shape index (κ3) is 7.79. The number of imide groups is 1. The van der Waals surface area contributed by atoms with E-state index in [1.165, 1.54) is 23.4 Å². The molecule has 0 fully saturated rings. The van der Waals surface area contributed by atoms with Crippen molar-refractivity contribution in [1.82, 2.24) is 20.1 Å². The van der Waals surface area contributed by atoms with Crippen LogP contribution in [0.1, 0.15) is 39.0 Å². The number of hydrogen-bond donors (Lipinski definition) is 1. The number of nitrogens with one attached hydrogen (secondary N) is 1. The van der Waals surface area contributed by atoms with Crippen molar-refractivity contribution >= 4 is 26.4 Å². The van der Waals surface area contributed by atoms with E-state index in [1.54, 1.807) is 37.3 Å². The molecule has 4 rings (SSSR count). The topological polar surface area (TPSA) is 114 Å². The van der Waals surface area contributed by atoms with Gasteiger partial charge in [0.2, 0.25) is 6.41 Å². The second-order valence-electron chi connectivity index (χ2n) is 11.1. The molecule has 1 N–H and O–H groups in total. The number of urea groups is 1. The van der Waals surface area contributed by atoms with Gasteiger partial charge in [-0.15, -0.1) is 0 Å². The Morgan fingerprint density at radius 3 is 2.76 bits per heavy atom. The van der Waals surface area contributed by atoms with Crippen LogP contribution in [-0.2, 0) is 22.7 Å². The van der Waals surface area contributed by atoms with Crippen LogP contribution in [0.2, 0.25) is 25.7 Å². The standard InChI is InChI=1S/C29H35FN4O6Si/c1-20-27(40-17-31-20)16-39-26-8-6-5-7-23(26)25(15-33-14-21-9-10-22(30)13-24(21)28(33)36)32-29(37)34(18-35)19-38-11-12-41(2,3)4/h5-10,13,17-18,25H,11-12,14-16,19H2,1-4H3,(H,32,37). The van der Waals surface area contributed by atoms with Gasteiger partial charge in [0.1, 0.15) is 24.9 Å². The van der Waals surface area contributed by atoms with Crippen molar-refractivity contribution in [3.63, 3.8) is 0 Å². The molecule has 1 unspecified atom stereocenters. The highest BCUT2D eigenvalue weighted by molar-refractivity contribution is 6.76. The molecule has 0 saturated carbocycles. The van der Waals surface area contributed by atoms with Crippen molar-refractivity contribution in [2.75, 3.05) is 19.9 Å². The molecule has 0 radical (unpaired) electrons. The summed E-state index contributed by atoms with van der Waals surface area (Å²) in [6.45, 7) is 9.05. The molecule has 1 aliphatic heterocycles. The van der Waals surface area contributed by atoms with E-state index in [1.807, 2.05) is 0 Å². The Labute approximate surface area is 239 Å². The van der Waals surface area contributed by atoms with Crippen LogP contribution in [0.15, 0.2) is 53.3 Å². The SMILES string of the molecule is Cc1ncoc1COc1ccccc1C(CN1Cc2ccc(F)cc2C1=O)NC(=O)N(C=O)COCC[Si](C)(C)C. The number of halogens is 1. The molecule has 0 saturated heterocycles. The Bertz CT molecular complexity index is 1390. The number of hydrogen-bond acceptors (Lipinski definition) is 7. The summed E-state index contributed by atoms with van der Waals surface area (Å²) in [5.41, 5.74) is 2.25. The molecule has 3 aromatic rings. The molecule has 1 aromatic heterocycles. The highest BCUT2D eigenvalue weighted by atomic mass is 28.3. The molecular weight excluding hydrogens is 547 g/mol. The number of amides is 4. The second kappa shape index (κ2) is 13.1. The number of carbonyl (C=O) groups excluding carboxylic acids is 3. The number of fused-ring (bicyclic) bond motifs is 1. The molecule has 12 heteroatoms. The maximum absolute atomic E-state index is 13.9. The van der Waals surface area contributed by atoms with Gasteiger partial charge in [0.25, 0.3) is 5.91 Å². The minimum Gasteiger partial charge on any atom is -0.485 e. The van der Waals surface area contributed by atoms with E-state index in [9.17, 15) is 18.8 Å². The summed E-state index contributed by atoms with van der Waals surface area (Å²) in [4.78, 5) is 44.8. The number of benzene rings is 2. The highest BCUT2D eigenvalue weighted by Gasteiger charge is 2.32. The maximum Gasteiger partial charge on any atom is 0.326 e. The quantitative estimate of drug-likeness (QED) is 0.132. The fourth-order valence-electron chi connectivity index (χ4n) is 4.34. The molecule has 0 bridgehead atoms. The van der Waals surface area contributed by atoms with E-state index in [0.29, 0.717) is 41.3 Å². The van der Waals surface area contributed by atoms with E-state index in [2.05, 4.69) is 29.9 Å². The molecule has 1 aliphatic rings. The normalized spacial score (nSPS) is 13.6. The van der Waals surface area contributed by atoms with Crippen molar-refractivity contribution in [3.8, 4) is 5.75 Å². The van der Waals surface area contributed by atoms with Crippen LogP contribution in [0.4, 0.5) is 9.18 Å². The Morgan fingerprint density at radius 1 is 1.27 bits per heavy atom. The van der Waals surface area contributed by atoms with Crippen LogP contribution in [0.25, 0.3) is 0 Å². The number of carbonyl (C=O) groups is 3. The summed E-state index contributed by atoms with van der Waals surface area (Å²) in [6, 6.07) is 10.6. The number of aromatic nitrogens is 1. The second-order valence-corrected chi connectivity index (χ2v) is 16.7. The van der Waals surface area contributed by atoms with Crippen molar-refractivity contribution in [1.29, 1.82) is 0 Å². The minimum absolute atomic E-state index is 0.0474. The third-order valence-electron chi connectivity index (χ3n) is 6.76. The molecule has 4 amide bonds. The molecular formula is C29H35FN4O6Si. The molecule has 0 aliphatic carbocycles. The van der Waals surface area contributed by atoms with Gasteiger partial charge in [-0.05, 0) is 36.7 Å². The summed E-state index contributed by atoms with van der Waals surface area (Å²) < 4.78 is 30.9. The van der Waals surface area contributed by atoms with Gasteiger partial charge in [0.05, 0.1) is 11.7 Å². The van der Waals surface area contributed by atoms with E-state index >= 15 is 0 Å². The van der Waals surface area contributed by atoms with Gasteiger partial charge in [0, 0.05) is 38.9 Å². The van der Waals surface area contributed by atoms with E-state index < -0.39 is 26.0 Å². The Kier molecular flexibility index (Phi) is 9.56. The lowest BCUT2D eigenvalue weighted by molar-refractivity contribution is -0.119. The fourth-order valence-corrected chi connectivity index (χ4v) is 5.10.